The highest BCUT2D eigenvalue weighted by Crippen LogP contribution is 2.07. The molecule has 1 aliphatic heterocycles. The zero-order valence-corrected chi connectivity index (χ0v) is 6.80. The fourth-order valence-corrected chi connectivity index (χ4v) is 1.51. The molecule has 1 fully saturated rings. The molecule has 6 N–H and O–H groups in total. The summed E-state index contributed by atoms with van der Waals surface area (Å²) >= 11 is 0. The second kappa shape index (κ2) is 4.15. The van der Waals surface area contributed by atoms with E-state index in [9.17, 15) is 10.2 Å². The van der Waals surface area contributed by atoms with Gasteiger partial charge in [-0.25, -0.2) is 0 Å². The smallest absolute Gasteiger partial charge is 0.134 e. The first-order chi connectivity index (χ1) is 5.66. The van der Waals surface area contributed by atoms with Crippen molar-refractivity contribution in [1.29, 1.82) is 0 Å². The van der Waals surface area contributed by atoms with E-state index in [0.717, 1.165) is 0 Å². The highest BCUT2D eigenvalue weighted by atomic mass is 16.4. The van der Waals surface area contributed by atoms with Crippen molar-refractivity contribution in [2.24, 2.45) is 0 Å². The van der Waals surface area contributed by atoms with E-state index in [-0.39, 0.29) is 12.6 Å². The highest BCUT2D eigenvalue weighted by molar-refractivity contribution is 4.83. The summed E-state index contributed by atoms with van der Waals surface area (Å²) in [5, 5.41) is 38.1. The van der Waals surface area contributed by atoms with Crippen molar-refractivity contribution in [1.82, 2.24) is 0 Å². The van der Waals surface area contributed by atoms with Gasteiger partial charge in [0.15, 0.2) is 0 Å². The molecule has 5 heteroatoms. The third-order valence-corrected chi connectivity index (χ3v) is 2.33. The molecular formula is C7H16NO4+. The van der Waals surface area contributed by atoms with E-state index >= 15 is 0 Å². The van der Waals surface area contributed by atoms with Crippen molar-refractivity contribution in [2.75, 3.05) is 13.2 Å². The first kappa shape index (κ1) is 9.88. The summed E-state index contributed by atoms with van der Waals surface area (Å²) in [7, 11) is 0. The summed E-state index contributed by atoms with van der Waals surface area (Å²) in [5.74, 6) is 0. The van der Waals surface area contributed by atoms with Gasteiger partial charge in [0.25, 0.3) is 0 Å². The predicted octanol–water partition coefficient (Wildman–Crippen LogP) is -3.60. The Balaban J connectivity index is 2.46. The standard InChI is InChI=1S/C7H15NO4/c9-2-1-4-6(11)7(12)5(10)3-8-4/h4-12H,1-3H2/p+1/t4-,5+,6-,7-/m1/s1. The minimum Gasteiger partial charge on any atom is -0.396 e. The number of hydrogen-bond donors (Lipinski definition) is 5. The number of aliphatic hydroxyl groups excluding tert-OH is 4. The van der Waals surface area contributed by atoms with E-state index in [1.165, 1.54) is 0 Å². The van der Waals surface area contributed by atoms with E-state index in [2.05, 4.69) is 0 Å². The molecule has 0 radical (unpaired) electrons. The van der Waals surface area contributed by atoms with E-state index in [0.29, 0.717) is 13.0 Å². The van der Waals surface area contributed by atoms with Crippen LogP contribution in [-0.2, 0) is 0 Å². The largest absolute Gasteiger partial charge is 0.396 e. The highest BCUT2D eigenvalue weighted by Gasteiger charge is 2.38. The maximum Gasteiger partial charge on any atom is 0.134 e. The van der Waals surface area contributed by atoms with Crippen LogP contribution in [0.25, 0.3) is 0 Å². The van der Waals surface area contributed by atoms with Gasteiger partial charge in [0.1, 0.15) is 30.9 Å². The van der Waals surface area contributed by atoms with Gasteiger partial charge in [0, 0.05) is 13.0 Å². The van der Waals surface area contributed by atoms with Gasteiger partial charge in [-0.05, 0) is 0 Å². The molecule has 0 aromatic carbocycles. The molecule has 0 aromatic rings. The first-order valence-electron chi connectivity index (χ1n) is 4.15. The molecule has 0 aliphatic carbocycles. The van der Waals surface area contributed by atoms with Gasteiger partial charge in [-0.1, -0.05) is 0 Å². The fourth-order valence-electron chi connectivity index (χ4n) is 1.51. The van der Waals surface area contributed by atoms with Crippen molar-refractivity contribution >= 4 is 0 Å². The summed E-state index contributed by atoms with van der Waals surface area (Å²) in [6.07, 6.45) is -2.45. The van der Waals surface area contributed by atoms with Gasteiger partial charge in [-0.3, -0.25) is 0 Å². The Kier molecular flexibility index (Phi) is 3.42. The summed E-state index contributed by atoms with van der Waals surface area (Å²) in [6.45, 7) is 0.365. The second-order valence-corrected chi connectivity index (χ2v) is 3.20. The van der Waals surface area contributed by atoms with Gasteiger partial charge in [0.05, 0.1) is 0 Å². The van der Waals surface area contributed by atoms with E-state index in [1.54, 1.807) is 5.32 Å². The van der Waals surface area contributed by atoms with Gasteiger partial charge in [0.2, 0.25) is 0 Å². The Hall–Kier alpha value is -0.200. The second-order valence-electron chi connectivity index (χ2n) is 3.20. The van der Waals surface area contributed by atoms with Crippen molar-refractivity contribution < 1.29 is 25.7 Å². The summed E-state index contributed by atoms with van der Waals surface area (Å²) < 4.78 is 0. The van der Waals surface area contributed by atoms with Crippen LogP contribution < -0.4 is 5.32 Å². The molecule has 4 atom stereocenters. The van der Waals surface area contributed by atoms with Crippen LogP contribution in [0.4, 0.5) is 0 Å². The number of rotatable bonds is 2. The quantitative estimate of drug-likeness (QED) is 0.302. The molecule has 1 aliphatic rings. The SMILES string of the molecule is OCC[C@H]1[NH2+]C[C@H](O)[C@@H](O)[C@@H]1O. The van der Waals surface area contributed by atoms with Crippen molar-refractivity contribution in [3.63, 3.8) is 0 Å². The van der Waals surface area contributed by atoms with Crippen LogP contribution in [0.5, 0.6) is 0 Å². The van der Waals surface area contributed by atoms with Crippen molar-refractivity contribution in [3.8, 4) is 0 Å². The zero-order chi connectivity index (χ0) is 9.14. The van der Waals surface area contributed by atoms with Crippen LogP contribution in [-0.4, -0.2) is 57.9 Å². The Labute approximate surface area is 70.6 Å². The molecule has 0 spiro atoms. The minimum atomic E-state index is -1.08. The topological polar surface area (TPSA) is 97.5 Å². The lowest BCUT2D eigenvalue weighted by Gasteiger charge is -2.32. The lowest BCUT2D eigenvalue weighted by molar-refractivity contribution is -0.716. The van der Waals surface area contributed by atoms with Crippen LogP contribution in [0, 0.1) is 0 Å². The molecule has 0 aromatic heterocycles. The third kappa shape index (κ3) is 1.94. The number of piperidine rings is 1. The molecule has 0 bridgehead atoms. The number of nitrogens with two attached hydrogens (primary N) is 1. The normalized spacial score (nSPS) is 43.0. The van der Waals surface area contributed by atoms with Gasteiger partial charge in [-0.15, -0.1) is 0 Å². The van der Waals surface area contributed by atoms with E-state index in [4.69, 9.17) is 10.2 Å². The number of hydrogen-bond acceptors (Lipinski definition) is 4. The lowest BCUT2D eigenvalue weighted by Crippen LogP contribution is -2.98. The Bertz CT molecular complexity index is 143. The molecule has 1 rings (SSSR count). The Morgan fingerprint density at radius 3 is 2.42 bits per heavy atom. The lowest BCUT2D eigenvalue weighted by atomic mass is 9.94. The van der Waals surface area contributed by atoms with Crippen molar-refractivity contribution in [3.05, 3.63) is 0 Å². The van der Waals surface area contributed by atoms with E-state index in [1.807, 2.05) is 0 Å². The maximum absolute atomic E-state index is 9.39. The zero-order valence-electron chi connectivity index (χ0n) is 6.80. The van der Waals surface area contributed by atoms with E-state index < -0.39 is 18.3 Å². The maximum atomic E-state index is 9.39. The number of quaternary nitrogens is 1. The molecule has 0 unspecified atom stereocenters. The average Bonchev–Trinajstić information content (AvgIpc) is 2.07. The Morgan fingerprint density at radius 1 is 1.17 bits per heavy atom. The monoisotopic (exact) mass is 178 g/mol. The Morgan fingerprint density at radius 2 is 1.83 bits per heavy atom. The molecule has 5 nitrogen and oxygen atoms in total. The molecule has 0 saturated carbocycles. The predicted molar refractivity (Wildman–Crippen MR) is 40.3 cm³/mol. The summed E-state index contributed by atoms with van der Waals surface area (Å²) in [4.78, 5) is 0. The molecule has 0 amide bonds. The van der Waals surface area contributed by atoms with Gasteiger partial charge < -0.3 is 25.7 Å². The third-order valence-electron chi connectivity index (χ3n) is 2.33. The van der Waals surface area contributed by atoms with Crippen LogP contribution >= 0.6 is 0 Å². The van der Waals surface area contributed by atoms with Crippen LogP contribution in [0.3, 0.4) is 0 Å². The molecular weight excluding hydrogens is 162 g/mol. The molecule has 72 valence electrons. The van der Waals surface area contributed by atoms with Crippen LogP contribution in [0.15, 0.2) is 0 Å². The molecule has 12 heavy (non-hydrogen) atoms. The molecule has 1 saturated heterocycles. The average molecular weight is 178 g/mol. The van der Waals surface area contributed by atoms with Crippen LogP contribution in [0.1, 0.15) is 6.42 Å². The minimum absolute atomic E-state index is 0.0129. The summed E-state index contributed by atoms with van der Waals surface area (Å²) in [5.41, 5.74) is 0. The number of aliphatic hydroxyl groups is 4. The van der Waals surface area contributed by atoms with Crippen LogP contribution in [0.2, 0.25) is 0 Å². The fraction of sp³-hybridized carbons (Fsp3) is 1.00. The van der Waals surface area contributed by atoms with Gasteiger partial charge >= 0.3 is 0 Å². The first-order valence-corrected chi connectivity index (χ1v) is 4.15. The van der Waals surface area contributed by atoms with Gasteiger partial charge in [-0.2, -0.15) is 0 Å². The summed E-state index contributed by atoms with van der Waals surface area (Å²) in [6, 6.07) is -0.201. The van der Waals surface area contributed by atoms with Crippen molar-refractivity contribution in [2.45, 2.75) is 30.8 Å². The molecule has 1 heterocycles.